The molecule has 0 aliphatic rings. The zero-order valence-corrected chi connectivity index (χ0v) is 5.33. The Morgan fingerprint density at radius 1 is 1.80 bits per heavy atom. The summed E-state index contributed by atoms with van der Waals surface area (Å²) in [5.41, 5.74) is 0. The minimum absolute atomic E-state index is 1.11. The molecule has 0 nitrogen and oxygen atoms in total. The van der Waals surface area contributed by atoms with Crippen molar-refractivity contribution in [3.05, 3.63) is 12.2 Å². The SMILES string of the molecule is CC=C[CH2][Au]. The normalized spacial score (nSPS) is 10.2. The zero-order chi connectivity index (χ0) is 4.12. The van der Waals surface area contributed by atoms with E-state index in [9.17, 15) is 0 Å². The van der Waals surface area contributed by atoms with Gasteiger partial charge in [0.2, 0.25) is 0 Å². The molecule has 0 heterocycles. The standard InChI is InChI=1S/C4H7.Au/c1-3-4-2;/h3-4H,1H2,2H3;. The Kier molecular flexibility index (Phi) is 4.91. The summed E-state index contributed by atoms with van der Waals surface area (Å²) in [5, 5.41) is 0. The van der Waals surface area contributed by atoms with Crippen LogP contribution in [-0.2, 0) is 21.1 Å². The molecular weight excluding hydrogens is 245 g/mol. The van der Waals surface area contributed by atoms with Gasteiger partial charge in [-0.2, -0.15) is 0 Å². The summed E-state index contributed by atoms with van der Waals surface area (Å²) in [6.45, 7) is 2.02. The van der Waals surface area contributed by atoms with Gasteiger partial charge in [0.25, 0.3) is 0 Å². The van der Waals surface area contributed by atoms with Gasteiger partial charge in [-0.15, -0.1) is 0 Å². The first-order valence-electron chi connectivity index (χ1n) is 1.53. The van der Waals surface area contributed by atoms with Crippen LogP contribution in [0.3, 0.4) is 0 Å². The molecule has 0 aromatic heterocycles. The molecule has 0 aromatic carbocycles. The first kappa shape index (κ1) is 5.48. The fraction of sp³-hybridized carbons (Fsp3) is 0.500. The van der Waals surface area contributed by atoms with Crippen molar-refractivity contribution >= 4 is 0 Å². The van der Waals surface area contributed by atoms with Gasteiger partial charge >= 0.3 is 44.8 Å². The molecule has 0 saturated carbocycles. The van der Waals surface area contributed by atoms with Crippen molar-refractivity contribution in [1.82, 2.24) is 0 Å². The van der Waals surface area contributed by atoms with Gasteiger partial charge < -0.3 is 0 Å². The van der Waals surface area contributed by atoms with Crippen LogP contribution in [0, 0.1) is 0 Å². The molecule has 0 unspecified atom stereocenters. The molecule has 0 rings (SSSR count). The second-order valence-electron chi connectivity index (χ2n) is 0.692. The third-order valence-corrected chi connectivity index (χ3v) is 0.817. The Bertz CT molecular complexity index is 30.6. The quantitative estimate of drug-likeness (QED) is 0.490. The van der Waals surface area contributed by atoms with Gasteiger partial charge in [-0.1, -0.05) is 0 Å². The van der Waals surface area contributed by atoms with Gasteiger partial charge in [0, 0.05) is 0 Å². The van der Waals surface area contributed by atoms with Gasteiger partial charge in [-0.25, -0.2) is 0 Å². The second kappa shape index (κ2) is 4.48. The van der Waals surface area contributed by atoms with E-state index in [4.69, 9.17) is 0 Å². The Labute approximate surface area is 45.2 Å². The summed E-state index contributed by atoms with van der Waals surface area (Å²) < 4.78 is 1.11. The van der Waals surface area contributed by atoms with Crippen molar-refractivity contribution in [3.63, 3.8) is 0 Å². The van der Waals surface area contributed by atoms with Gasteiger partial charge in [0.05, 0.1) is 0 Å². The molecule has 0 saturated heterocycles. The summed E-state index contributed by atoms with van der Waals surface area (Å²) in [5.74, 6) is 0. The number of rotatable bonds is 1. The van der Waals surface area contributed by atoms with Crippen molar-refractivity contribution in [2.24, 2.45) is 0 Å². The molecule has 0 fully saturated rings. The van der Waals surface area contributed by atoms with E-state index in [2.05, 4.69) is 27.1 Å². The molecule has 0 radical (unpaired) electrons. The fourth-order valence-electron chi connectivity index (χ4n) is 0.0711. The molecule has 0 N–H and O–H groups in total. The summed E-state index contributed by atoms with van der Waals surface area (Å²) in [6, 6.07) is 0. The molecule has 34 valence electrons. The van der Waals surface area contributed by atoms with E-state index in [0.717, 1.165) is 4.64 Å². The van der Waals surface area contributed by atoms with Crippen LogP contribution in [0.25, 0.3) is 0 Å². The maximum atomic E-state index is 2.45. The van der Waals surface area contributed by atoms with Crippen molar-refractivity contribution in [2.75, 3.05) is 0 Å². The van der Waals surface area contributed by atoms with Crippen molar-refractivity contribution in [1.29, 1.82) is 0 Å². The molecule has 0 bridgehead atoms. The molecule has 0 aliphatic carbocycles. The van der Waals surface area contributed by atoms with E-state index < -0.39 is 0 Å². The molecule has 0 amide bonds. The van der Waals surface area contributed by atoms with E-state index >= 15 is 0 Å². The number of hydrogen-bond acceptors (Lipinski definition) is 0. The molecule has 0 aromatic rings. The molecule has 1 heteroatoms. The van der Waals surface area contributed by atoms with Crippen molar-refractivity contribution in [3.8, 4) is 0 Å². The first-order valence-corrected chi connectivity index (χ1v) is 3.06. The van der Waals surface area contributed by atoms with Crippen LogP contribution in [0.1, 0.15) is 6.92 Å². The van der Waals surface area contributed by atoms with E-state index in [-0.39, 0.29) is 0 Å². The predicted molar refractivity (Wildman–Crippen MR) is 19.6 cm³/mol. The van der Waals surface area contributed by atoms with E-state index in [1.807, 2.05) is 13.0 Å². The third kappa shape index (κ3) is 4.48. The monoisotopic (exact) mass is 252 g/mol. The Morgan fingerprint density at radius 2 is 2.40 bits per heavy atom. The molecule has 0 atom stereocenters. The van der Waals surface area contributed by atoms with E-state index in [1.54, 1.807) is 0 Å². The molecule has 5 heavy (non-hydrogen) atoms. The number of hydrogen-bond donors (Lipinski definition) is 0. The minimum atomic E-state index is 1.11. The third-order valence-electron chi connectivity index (χ3n) is 0.307. The van der Waals surface area contributed by atoms with Crippen molar-refractivity contribution in [2.45, 2.75) is 11.6 Å². The molecular formula is C4H7Au. The molecule has 0 aliphatic heterocycles. The average Bonchev–Trinajstić information content (AvgIpc) is 1.41. The maximum absolute atomic E-state index is 2.45. The van der Waals surface area contributed by atoms with Crippen molar-refractivity contribution < 1.29 is 21.1 Å². The predicted octanol–water partition coefficient (Wildman–Crippen LogP) is 1.53. The second-order valence-corrected chi connectivity index (χ2v) is 1.58. The van der Waals surface area contributed by atoms with Crippen LogP contribution >= 0.6 is 0 Å². The summed E-state index contributed by atoms with van der Waals surface area (Å²) in [4.78, 5) is 0. The Hall–Kier alpha value is 0.480. The Morgan fingerprint density at radius 3 is 2.40 bits per heavy atom. The Balaban J connectivity index is 2.62. The van der Waals surface area contributed by atoms with Crippen LogP contribution in [-0.4, -0.2) is 0 Å². The van der Waals surface area contributed by atoms with Crippen LogP contribution < -0.4 is 0 Å². The summed E-state index contributed by atoms with van der Waals surface area (Å²) in [7, 11) is 0. The van der Waals surface area contributed by atoms with Crippen LogP contribution in [0.15, 0.2) is 12.2 Å². The summed E-state index contributed by atoms with van der Waals surface area (Å²) in [6.07, 6.45) is 4.14. The van der Waals surface area contributed by atoms with Crippen LogP contribution in [0.5, 0.6) is 0 Å². The zero-order valence-electron chi connectivity index (χ0n) is 3.16. The first-order chi connectivity index (χ1) is 2.41. The van der Waals surface area contributed by atoms with Gasteiger partial charge in [0.1, 0.15) is 0 Å². The van der Waals surface area contributed by atoms with Gasteiger partial charge in [0.15, 0.2) is 0 Å². The molecule has 0 spiro atoms. The van der Waals surface area contributed by atoms with E-state index in [0.29, 0.717) is 0 Å². The van der Waals surface area contributed by atoms with Crippen LogP contribution in [0.2, 0.25) is 4.64 Å². The fourth-order valence-corrected chi connectivity index (χ4v) is 0.582. The topological polar surface area (TPSA) is 0 Å². The van der Waals surface area contributed by atoms with Gasteiger partial charge in [-0.3, -0.25) is 0 Å². The average molecular weight is 252 g/mol. The summed E-state index contributed by atoms with van der Waals surface area (Å²) >= 11 is 2.45. The van der Waals surface area contributed by atoms with E-state index in [1.165, 1.54) is 0 Å². The van der Waals surface area contributed by atoms with Gasteiger partial charge in [-0.05, 0) is 0 Å². The number of allylic oxidation sites excluding steroid dienone is 2. The van der Waals surface area contributed by atoms with Crippen LogP contribution in [0.4, 0.5) is 0 Å².